The lowest BCUT2D eigenvalue weighted by molar-refractivity contribution is -0.137. The van der Waals surface area contributed by atoms with Gasteiger partial charge in [0.2, 0.25) is 5.13 Å². The maximum atomic E-state index is 13.1. The second-order valence-electron chi connectivity index (χ2n) is 5.11. The first-order valence-electron chi connectivity index (χ1n) is 7.20. The van der Waals surface area contributed by atoms with Crippen LogP contribution in [0, 0.1) is 0 Å². The zero-order chi connectivity index (χ0) is 17.9. The number of hydrogen-bond acceptors (Lipinski definition) is 5. The first-order chi connectivity index (χ1) is 11.9. The predicted octanol–water partition coefficient (Wildman–Crippen LogP) is 4.86. The van der Waals surface area contributed by atoms with E-state index in [4.69, 9.17) is 5.73 Å². The van der Waals surface area contributed by atoms with Crippen molar-refractivity contribution in [3.8, 4) is 11.1 Å². The Morgan fingerprint density at radius 3 is 2.44 bits per heavy atom. The zero-order valence-corrected chi connectivity index (χ0v) is 13.6. The van der Waals surface area contributed by atoms with Crippen LogP contribution in [0.3, 0.4) is 0 Å². The smallest absolute Gasteiger partial charge is 0.383 e. The third-order valence-corrected chi connectivity index (χ3v) is 4.12. The summed E-state index contributed by atoms with van der Waals surface area (Å²) in [5, 5.41) is 6.27. The number of aromatic nitrogens is 1. The maximum absolute atomic E-state index is 13.1. The number of thiazole rings is 1. The minimum Gasteiger partial charge on any atom is -0.383 e. The highest BCUT2D eigenvalue weighted by Gasteiger charge is 2.33. The number of nitrogen functional groups attached to an aromatic ring is 1. The van der Waals surface area contributed by atoms with Gasteiger partial charge in [-0.2, -0.15) is 18.3 Å². The van der Waals surface area contributed by atoms with Crippen LogP contribution in [0.25, 0.3) is 11.1 Å². The molecule has 2 aromatic carbocycles. The van der Waals surface area contributed by atoms with E-state index in [1.54, 1.807) is 41.9 Å². The van der Waals surface area contributed by atoms with Crippen LogP contribution in [-0.4, -0.2) is 11.2 Å². The molecule has 1 heterocycles. The van der Waals surface area contributed by atoms with Crippen LogP contribution in [0.2, 0.25) is 0 Å². The fourth-order valence-corrected chi connectivity index (χ4v) is 2.78. The molecule has 0 bridgehead atoms. The second kappa shape index (κ2) is 6.94. The van der Waals surface area contributed by atoms with Crippen molar-refractivity contribution in [3.63, 3.8) is 0 Å². The fraction of sp³-hybridized carbons (Fsp3) is 0.0588. The molecule has 0 aliphatic heterocycles. The van der Waals surface area contributed by atoms with Crippen LogP contribution >= 0.6 is 11.3 Å². The van der Waals surface area contributed by atoms with Crippen molar-refractivity contribution in [2.45, 2.75) is 6.18 Å². The Hall–Kier alpha value is -2.87. The van der Waals surface area contributed by atoms with Gasteiger partial charge >= 0.3 is 6.18 Å². The quantitative estimate of drug-likeness (QED) is 0.515. The molecule has 0 amide bonds. The van der Waals surface area contributed by atoms with Crippen LogP contribution in [0.1, 0.15) is 11.1 Å². The molecule has 0 saturated heterocycles. The number of hydrazone groups is 1. The molecular formula is C17H13F3N4S. The molecule has 0 spiro atoms. The molecule has 0 unspecified atom stereocenters. The number of nitrogens with one attached hydrogen (secondary N) is 1. The largest absolute Gasteiger partial charge is 0.417 e. The van der Waals surface area contributed by atoms with Crippen LogP contribution < -0.4 is 11.2 Å². The highest BCUT2D eigenvalue weighted by Crippen LogP contribution is 2.36. The van der Waals surface area contributed by atoms with Gasteiger partial charge in [-0.15, -0.1) is 11.3 Å². The third-order valence-electron chi connectivity index (χ3n) is 3.35. The Bertz CT molecular complexity index is 885. The normalized spacial score (nSPS) is 11.8. The highest BCUT2D eigenvalue weighted by atomic mass is 32.1. The number of benzene rings is 2. The molecule has 3 aromatic rings. The summed E-state index contributed by atoms with van der Waals surface area (Å²) in [6, 6.07) is 12.2. The van der Waals surface area contributed by atoms with Gasteiger partial charge < -0.3 is 5.73 Å². The summed E-state index contributed by atoms with van der Waals surface area (Å²) >= 11 is 1.32. The summed E-state index contributed by atoms with van der Waals surface area (Å²) in [5.74, 6) is 0.412. The molecular weight excluding hydrogens is 349 g/mol. The van der Waals surface area contributed by atoms with Gasteiger partial charge in [0.1, 0.15) is 5.82 Å². The van der Waals surface area contributed by atoms with Crippen molar-refractivity contribution >= 4 is 28.5 Å². The number of halogens is 3. The van der Waals surface area contributed by atoms with E-state index in [2.05, 4.69) is 15.5 Å². The standard InChI is InChI=1S/C17H13F3N4S/c18-17(19,20)14-4-2-1-3-13(14)12-7-5-11(6-8-12)9-22-24-16-23-15(21)10-25-16/h1-10H,21H2,(H,23,24). The Labute approximate surface area is 145 Å². The lowest BCUT2D eigenvalue weighted by atomic mass is 9.98. The van der Waals surface area contributed by atoms with Crippen molar-refractivity contribution in [2.75, 3.05) is 11.2 Å². The van der Waals surface area contributed by atoms with Gasteiger partial charge in [0.05, 0.1) is 11.8 Å². The summed E-state index contributed by atoms with van der Waals surface area (Å²) in [6.07, 6.45) is -2.84. The predicted molar refractivity (Wildman–Crippen MR) is 94.6 cm³/mol. The number of nitrogens with zero attached hydrogens (tertiary/aromatic N) is 2. The van der Waals surface area contributed by atoms with E-state index in [-0.39, 0.29) is 5.56 Å². The summed E-state index contributed by atoms with van der Waals surface area (Å²) in [5.41, 5.74) is 8.97. The topological polar surface area (TPSA) is 63.3 Å². The number of nitrogens with two attached hydrogens (primary N) is 1. The molecule has 128 valence electrons. The fourth-order valence-electron chi connectivity index (χ4n) is 2.23. The summed E-state index contributed by atoms with van der Waals surface area (Å²) in [7, 11) is 0. The molecule has 25 heavy (non-hydrogen) atoms. The van der Waals surface area contributed by atoms with Gasteiger partial charge in [0.15, 0.2) is 0 Å². The van der Waals surface area contributed by atoms with Crippen LogP contribution in [-0.2, 0) is 6.18 Å². The van der Waals surface area contributed by atoms with Crippen molar-refractivity contribution in [3.05, 3.63) is 65.0 Å². The number of rotatable bonds is 4. The van der Waals surface area contributed by atoms with Crippen LogP contribution in [0.15, 0.2) is 59.0 Å². The molecule has 1 aromatic heterocycles. The van der Waals surface area contributed by atoms with Gasteiger partial charge in [0.25, 0.3) is 0 Å². The molecule has 8 heteroatoms. The SMILES string of the molecule is Nc1csc(NN=Cc2ccc(-c3ccccc3C(F)(F)F)cc2)n1. The van der Waals surface area contributed by atoms with Crippen LogP contribution in [0.4, 0.5) is 24.1 Å². The molecule has 0 radical (unpaired) electrons. The van der Waals surface area contributed by atoms with Crippen LogP contribution in [0.5, 0.6) is 0 Å². The number of hydrogen-bond donors (Lipinski definition) is 2. The summed E-state index contributed by atoms with van der Waals surface area (Å²) in [6.45, 7) is 0. The van der Waals surface area contributed by atoms with E-state index >= 15 is 0 Å². The van der Waals surface area contributed by atoms with E-state index in [9.17, 15) is 13.2 Å². The third kappa shape index (κ3) is 4.16. The molecule has 4 nitrogen and oxygen atoms in total. The van der Waals surface area contributed by atoms with E-state index in [1.165, 1.54) is 23.5 Å². The summed E-state index contributed by atoms with van der Waals surface area (Å²) in [4.78, 5) is 3.99. The minimum atomic E-state index is -4.39. The van der Waals surface area contributed by atoms with Gasteiger partial charge in [-0.3, -0.25) is 5.43 Å². The summed E-state index contributed by atoms with van der Waals surface area (Å²) < 4.78 is 39.3. The number of anilines is 2. The maximum Gasteiger partial charge on any atom is 0.417 e. The van der Waals surface area contributed by atoms with Crippen molar-refractivity contribution in [1.29, 1.82) is 0 Å². The first kappa shape index (κ1) is 17.0. The lowest BCUT2D eigenvalue weighted by Gasteiger charge is -2.12. The van der Waals surface area contributed by atoms with Crippen molar-refractivity contribution in [1.82, 2.24) is 4.98 Å². The van der Waals surface area contributed by atoms with Gasteiger partial charge in [0, 0.05) is 5.38 Å². The molecule has 0 atom stereocenters. The highest BCUT2D eigenvalue weighted by molar-refractivity contribution is 7.14. The monoisotopic (exact) mass is 362 g/mol. The average molecular weight is 362 g/mol. The van der Waals surface area contributed by atoms with Gasteiger partial charge in [-0.05, 0) is 22.8 Å². The Morgan fingerprint density at radius 1 is 1.08 bits per heavy atom. The van der Waals surface area contributed by atoms with Gasteiger partial charge in [-0.25, -0.2) is 4.98 Å². The Kier molecular flexibility index (Phi) is 4.71. The molecule has 3 N–H and O–H groups in total. The van der Waals surface area contributed by atoms with E-state index < -0.39 is 11.7 Å². The second-order valence-corrected chi connectivity index (χ2v) is 5.97. The Balaban J connectivity index is 1.77. The minimum absolute atomic E-state index is 0.148. The molecule has 0 saturated carbocycles. The Morgan fingerprint density at radius 2 is 1.80 bits per heavy atom. The van der Waals surface area contributed by atoms with E-state index in [1.807, 2.05) is 0 Å². The zero-order valence-electron chi connectivity index (χ0n) is 12.8. The van der Waals surface area contributed by atoms with Crippen molar-refractivity contribution in [2.24, 2.45) is 5.10 Å². The molecule has 0 aliphatic carbocycles. The average Bonchev–Trinajstić information content (AvgIpc) is 3.00. The molecule has 3 rings (SSSR count). The van der Waals surface area contributed by atoms with E-state index in [0.29, 0.717) is 16.5 Å². The lowest BCUT2D eigenvalue weighted by Crippen LogP contribution is -2.06. The first-order valence-corrected chi connectivity index (χ1v) is 8.08. The van der Waals surface area contributed by atoms with E-state index in [0.717, 1.165) is 11.6 Å². The van der Waals surface area contributed by atoms with Gasteiger partial charge in [-0.1, -0.05) is 42.5 Å². The number of alkyl halides is 3. The molecule has 0 aliphatic rings. The van der Waals surface area contributed by atoms with Crippen molar-refractivity contribution < 1.29 is 13.2 Å². The molecule has 0 fully saturated rings.